The highest BCUT2D eigenvalue weighted by molar-refractivity contribution is 6.03. The Bertz CT molecular complexity index is 456. The second kappa shape index (κ2) is 8.35. The van der Waals surface area contributed by atoms with Crippen molar-refractivity contribution in [3.8, 4) is 0 Å². The molecule has 0 aliphatic carbocycles. The Labute approximate surface area is 121 Å². The molecule has 0 saturated carbocycles. The molecule has 1 aromatic carbocycles. The molecule has 110 valence electrons. The van der Waals surface area contributed by atoms with Gasteiger partial charge in [0, 0.05) is 12.2 Å². The molecule has 1 aromatic rings. The van der Waals surface area contributed by atoms with Gasteiger partial charge >= 0.3 is 0 Å². The van der Waals surface area contributed by atoms with Crippen LogP contribution >= 0.6 is 0 Å². The Balaban J connectivity index is 2.41. The van der Waals surface area contributed by atoms with Crippen LogP contribution in [0.2, 0.25) is 0 Å². The van der Waals surface area contributed by atoms with E-state index < -0.39 is 0 Å². The van der Waals surface area contributed by atoms with Gasteiger partial charge in [0.15, 0.2) is 0 Å². The third-order valence-corrected chi connectivity index (χ3v) is 3.04. The number of benzene rings is 1. The second-order valence-electron chi connectivity index (χ2n) is 5.27. The first-order valence-electron chi connectivity index (χ1n) is 7.17. The molecule has 4 heteroatoms. The summed E-state index contributed by atoms with van der Waals surface area (Å²) in [6, 6.07) is 7.64. The van der Waals surface area contributed by atoms with Crippen LogP contribution in [0, 0.1) is 5.92 Å². The van der Waals surface area contributed by atoms with Crippen LogP contribution in [-0.2, 0) is 16.0 Å². The topological polar surface area (TPSA) is 58.2 Å². The first-order chi connectivity index (χ1) is 9.52. The molecule has 0 aliphatic rings. The normalized spacial score (nSPS) is 10.4. The summed E-state index contributed by atoms with van der Waals surface area (Å²) in [6.45, 7) is 6.85. The van der Waals surface area contributed by atoms with Gasteiger partial charge in [-0.15, -0.1) is 0 Å². The molecule has 0 bridgehead atoms. The molecule has 0 unspecified atom stereocenters. The maximum Gasteiger partial charge on any atom is 0.233 e. The monoisotopic (exact) mass is 276 g/mol. The fourth-order valence-corrected chi connectivity index (χ4v) is 1.85. The molecule has 2 amide bonds. The van der Waals surface area contributed by atoms with E-state index in [4.69, 9.17) is 0 Å². The third kappa shape index (κ3) is 5.87. The van der Waals surface area contributed by atoms with E-state index in [2.05, 4.69) is 24.5 Å². The van der Waals surface area contributed by atoms with Gasteiger partial charge < -0.3 is 10.6 Å². The van der Waals surface area contributed by atoms with Gasteiger partial charge in [-0.25, -0.2) is 0 Å². The minimum atomic E-state index is -0.270. The quantitative estimate of drug-likeness (QED) is 0.752. The lowest BCUT2D eigenvalue weighted by Crippen LogP contribution is -2.29. The molecule has 20 heavy (non-hydrogen) atoms. The maximum atomic E-state index is 11.8. The molecule has 0 atom stereocenters. The van der Waals surface area contributed by atoms with Crippen molar-refractivity contribution < 1.29 is 9.59 Å². The average molecular weight is 276 g/mol. The Morgan fingerprint density at radius 1 is 1.15 bits per heavy atom. The van der Waals surface area contributed by atoms with E-state index in [9.17, 15) is 9.59 Å². The van der Waals surface area contributed by atoms with Gasteiger partial charge in [-0.1, -0.05) is 39.0 Å². The number of nitrogens with one attached hydrogen (secondary N) is 2. The van der Waals surface area contributed by atoms with E-state index in [0.717, 1.165) is 24.1 Å². The number of aryl methyl sites for hydroxylation is 1. The molecule has 0 radical (unpaired) electrons. The molecule has 2 N–H and O–H groups in total. The Kier molecular flexibility index (Phi) is 6.77. The van der Waals surface area contributed by atoms with Crippen LogP contribution in [0.1, 0.15) is 39.2 Å². The number of anilines is 1. The molecule has 0 aromatic heterocycles. The Morgan fingerprint density at radius 3 is 2.50 bits per heavy atom. The van der Waals surface area contributed by atoms with Crippen LogP contribution in [0.4, 0.5) is 5.69 Å². The highest BCUT2D eigenvalue weighted by Crippen LogP contribution is 2.15. The van der Waals surface area contributed by atoms with E-state index >= 15 is 0 Å². The van der Waals surface area contributed by atoms with E-state index in [-0.39, 0.29) is 18.2 Å². The standard InChI is InChI=1S/C16H24N2O2/c1-4-13-7-5-6-8-14(13)18-16(20)11-15(19)17-10-9-12(2)3/h5-8,12H,4,9-11H2,1-3H3,(H,17,19)(H,18,20). The van der Waals surface area contributed by atoms with Crippen molar-refractivity contribution in [1.29, 1.82) is 0 Å². The molecule has 0 aliphatic heterocycles. The van der Waals surface area contributed by atoms with Gasteiger partial charge in [-0.05, 0) is 30.4 Å². The van der Waals surface area contributed by atoms with Crippen LogP contribution in [-0.4, -0.2) is 18.4 Å². The maximum absolute atomic E-state index is 11.8. The summed E-state index contributed by atoms with van der Waals surface area (Å²) in [5.74, 6) is 0.0469. The van der Waals surface area contributed by atoms with Crippen molar-refractivity contribution in [2.75, 3.05) is 11.9 Å². The van der Waals surface area contributed by atoms with Gasteiger partial charge in [-0.3, -0.25) is 9.59 Å². The van der Waals surface area contributed by atoms with Crippen molar-refractivity contribution in [2.45, 2.75) is 40.0 Å². The summed E-state index contributed by atoms with van der Waals surface area (Å²) < 4.78 is 0. The predicted octanol–water partition coefficient (Wildman–Crippen LogP) is 2.74. The predicted molar refractivity (Wildman–Crippen MR) is 81.5 cm³/mol. The average Bonchev–Trinajstić information content (AvgIpc) is 2.38. The zero-order chi connectivity index (χ0) is 15.0. The van der Waals surface area contributed by atoms with Crippen molar-refractivity contribution in [2.24, 2.45) is 5.92 Å². The highest BCUT2D eigenvalue weighted by atomic mass is 16.2. The number of para-hydroxylation sites is 1. The third-order valence-electron chi connectivity index (χ3n) is 3.04. The molecule has 1 rings (SSSR count). The lowest BCUT2D eigenvalue weighted by Gasteiger charge is -2.10. The first kappa shape index (κ1) is 16.2. The van der Waals surface area contributed by atoms with Gasteiger partial charge in [0.05, 0.1) is 0 Å². The van der Waals surface area contributed by atoms with E-state index in [1.165, 1.54) is 0 Å². The second-order valence-corrected chi connectivity index (χ2v) is 5.27. The summed E-state index contributed by atoms with van der Waals surface area (Å²) in [7, 11) is 0. The van der Waals surface area contributed by atoms with Crippen LogP contribution in [0.5, 0.6) is 0 Å². The van der Waals surface area contributed by atoms with Gasteiger partial charge in [0.1, 0.15) is 6.42 Å². The van der Waals surface area contributed by atoms with E-state index in [1.807, 2.05) is 31.2 Å². The van der Waals surface area contributed by atoms with Gasteiger partial charge in [-0.2, -0.15) is 0 Å². The van der Waals surface area contributed by atoms with Crippen molar-refractivity contribution in [3.63, 3.8) is 0 Å². The zero-order valence-corrected chi connectivity index (χ0v) is 12.5. The number of carbonyl (C=O) groups excluding carboxylic acids is 2. The SMILES string of the molecule is CCc1ccccc1NC(=O)CC(=O)NCCC(C)C. The van der Waals surface area contributed by atoms with Gasteiger partial charge in [0.2, 0.25) is 11.8 Å². The molecule has 0 heterocycles. The Hall–Kier alpha value is -1.84. The molecular formula is C16H24N2O2. The zero-order valence-electron chi connectivity index (χ0n) is 12.5. The van der Waals surface area contributed by atoms with Crippen molar-refractivity contribution >= 4 is 17.5 Å². The largest absolute Gasteiger partial charge is 0.356 e. The van der Waals surface area contributed by atoms with Crippen LogP contribution in [0.15, 0.2) is 24.3 Å². The highest BCUT2D eigenvalue weighted by Gasteiger charge is 2.10. The first-order valence-corrected chi connectivity index (χ1v) is 7.17. The lowest BCUT2D eigenvalue weighted by atomic mass is 10.1. The number of rotatable bonds is 7. The summed E-state index contributed by atoms with van der Waals surface area (Å²) in [5, 5.41) is 5.55. The molecular weight excluding hydrogens is 252 g/mol. The Morgan fingerprint density at radius 2 is 1.85 bits per heavy atom. The molecule has 0 saturated heterocycles. The molecule has 4 nitrogen and oxygen atoms in total. The van der Waals surface area contributed by atoms with E-state index in [0.29, 0.717) is 12.5 Å². The van der Waals surface area contributed by atoms with E-state index in [1.54, 1.807) is 0 Å². The number of hydrogen-bond donors (Lipinski definition) is 2. The smallest absolute Gasteiger partial charge is 0.233 e. The fraction of sp³-hybridized carbons (Fsp3) is 0.500. The molecule has 0 fully saturated rings. The lowest BCUT2D eigenvalue weighted by molar-refractivity contribution is -0.126. The fourth-order valence-electron chi connectivity index (χ4n) is 1.85. The molecule has 0 spiro atoms. The summed E-state index contributed by atoms with van der Waals surface area (Å²) in [6.07, 6.45) is 1.64. The number of hydrogen-bond acceptors (Lipinski definition) is 2. The van der Waals surface area contributed by atoms with Crippen molar-refractivity contribution in [3.05, 3.63) is 29.8 Å². The van der Waals surface area contributed by atoms with Gasteiger partial charge in [0.25, 0.3) is 0 Å². The summed E-state index contributed by atoms with van der Waals surface area (Å²) in [5.41, 5.74) is 1.86. The van der Waals surface area contributed by atoms with Crippen LogP contribution in [0.25, 0.3) is 0 Å². The minimum Gasteiger partial charge on any atom is -0.356 e. The van der Waals surface area contributed by atoms with Crippen LogP contribution in [0.3, 0.4) is 0 Å². The number of amides is 2. The summed E-state index contributed by atoms with van der Waals surface area (Å²) in [4.78, 5) is 23.4. The van der Waals surface area contributed by atoms with Crippen molar-refractivity contribution in [1.82, 2.24) is 5.32 Å². The van der Waals surface area contributed by atoms with Crippen LogP contribution < -0.4 is 10.6 Å². The summed E-state index contributed by atoms with van der Waals surface area (Å²) >= 11 is 0. The number of carbonyl (C=O) groups is 2. The minimum absolute atomic E-state index is 0.129.